The summed E-state index contributed by atoms with van der Waals surface area (Å²) >= 11 is 12.1. The van der Waals surface area contributed by atoms with Gasteiger partial charge in [-0.05, 0) is 61.4 Å². The molecule has 0 aliphatic carbocycles. The Morgan fingerprint density at radius 3 is 2.25 bits per heavy atom. The monoisotopic (exact) mass is 643 g/mol. The number of anilines is 1. The van der Waals surface area contributed by atoms with Crippen molar-refractivity contribution < 1.29 is 22.8 Å². The van der Waals surface area contributed by atoms with Gasteiger partial charge in [0.25, 0.3) is 17.4 Å². The molecule has 0 saturated heterocycles. The van der Waals surface area contributed by atoms with E-state index in [9.17, 15) is 27.6 Å². The van der Waals surface area contributed by atoms with Gasteiger partial charge in [0.15, 0.2) is 6.04 Å². The molecule has 4 aromatic rings. The Balaban J connectivity index is 1.63. The number of nitrogens with zero attached hydrogens (tertiary/aromatic N) is 3. The number of carbonyl (C=O) groups excluding carboxylic acids is 2. The minimum Gasteiger partial charge on any atom is -0.355 e. The third kappa shape index (κ3) is 6.15. The fourth-order valence-electron chi connectivity index (χ4n) is 5.10. The van der Waals surface area contributed by atoms with Gasteiger partial charge in [0.05, 0.1) is 28.0 Å². The van der Waals surface area contributed by atoms with Gasteiger partial charge < -0.3 is 15.5 Å². The lowest BCUT2D eigenvalue weighted by Gasteiger charge is -2.35. The highest BCUT2D eigenvalue weighted by Crippen LogP contribution is 2.36. The van der Waals surface area contributed by atoms with E-state index in [1.807, 2.05) is 0 Å². The second kappa shape index (κ2) is 12.3. The Bertz CT molecular complexity index is 1780. The van der Waals surface area contributed by atoms with Gasteiger partial charge in [-0.2, -0.15) is 13.2 Å². The van der Waals surface area contributed by atoms with Crippen molar-refractivity contribution in [2.24, 2.45) is 0 Å². The van der Waals surface area contributed by atoms with Gasteiger partial charge in [-0.1, -0.05) is 53.5 Å². The van der Waals surface area contributed by atoms with Crippen molar-refractivity contribution >= 4 is 41.0 Å². The van der Waals surface area contributed by atoms with E-state index in [4.69, 9.17) is 23.2 Å². The van der Waals surface area contributed by atoms with E-state index in [1.54, 1.807) is 13.0 Å². The number of benzene rings is 3. The molecule has 0 spiro atoms. The van der Waals surface area contributed by atoms with Crippen LogP contribution in [0.5, 0.6) is 0 Å². The molecule has 2 atom stereocenters. The number of nitrogens with one attached hydrogen (secondary N) is 2. The zero-order valence-corrected chi connectivity index (χ0v) is 25.0. The van der Waals surface area contributed by atoms with Gasteiger partial charge in [0.2, 0.25) is 5.95 Å². The summed E-state index contributed by atoms with van der Waals surface area (Å²) < 4.78 is 44.3. The Hall–Kier alpha value is -4.35. The lowest BCUT2D eigenvalue weighted by Crippen LogP contribution is -2.46. The minimum absolute atomic E-state index is 0.0847. The van der Waals surface area contributed by atoms with Gasteiger partial charge in [0.1, 0.15) is 0 Å². The van der Waals surface area contributed by atoms with Crippen LogP contribution in [0.4, 0.5) is 19.1 Å². The van der Waals surface area contributed by atoms with E-state index in [0.717, 1.165) is 4.57 Å². The topological polar surface area (TPSA) is 96.3 Å². The molecule has 228 valence electrons. The van der Waals surface area contributed by atoms with Crippen molar-refractivity contribution in [3.05, 3.63) is 121 Å². The zero-order chi connectivity index (χ0) is 31.8. The molecule has 0 radical (unpaired) electrons. The molecule has 1 aliphatic rings. The van der Waals surface area contributed by atoms with Gasteiger partial charge >= 0.3 is 6.18 Å². The normalized spacial score (nSPS) is 15.3. The maximum Gasteiger partial charge on any atom is 0.412 e. The molecule has 0 bridgehead atoms. The predicted octanol–water partition coefficient (Wildman–Crippen LogP) is 6.20. The van der Waals surface area contributed by atoms with Crippen LogP contribution in [0.25, 0.3) is 5.69 Å². The molecule has 44 heavy (non-hydrogen) atoms. The first-order valence-electron chi connectivity index (χ1n) is 13.5. The summed E-state index contributed by atoms with van der Waals surface area (Å²) in [6.45, 7) is 1.64. The van der Waals surface area contributed by atoms with Crippen LogP contribution in [-0.4, -0.2) is 45.5 Å². The second-order valence-corrected chi connectivity index (χ2v) is 11.1. The van der Waals surface area contributed by atoms with Gasteiger partial charge in [-0.25, -0.2) is 9.55 Å². The van der Waals surface area contributed by atoms with Crippen LogP contribution in [0.15, 0.2) is 77.6 Å². The average Bonchev–Trinajstić information content (AvgIpc) is 3.00. The van der Waals surface area contributed by atoms with E-state index in [1.165, 1.54) is 78.7 Å². The summed E-state index contributed by atoms with van der Waals surface area (Å²) in [5.41, 5.74) is 0.518. The Kier molecular flexibility index (Phi) is 8.71. The second-order valence-electron chi connectivity index (χ2n) is 10.3. The fourth-order valence-corrected chi connectivity index (χ4v) is 5.39. The van der Waals surface area contributed by atoms with Crippen molar-refractivity contribution in [2.75, 3.05) is 12.4 Å². The standard InChI is InChI=1S/C31H26Cl2F3N5O3/c1-17-14-22-25(16-40(17)28(43)20-10-13-23(32)24(33)15-20)38-30(39-26(31(34,35)36)18-6-4-3-5-7-18)41(29(22)44)21-11-8-19(9-12-21)27(42)37-2/h3-13,15,17,26H,14,16H2,1-2H3,(H,37,42)(H,38,39)/t17-,26?/m1/s1. The van der Waals surface area contributed by atoms with Crippen LogP contribution in [0.3, 0.4) is 0 Å². The fraction of sp³-hybridized carbons (Fsp3) is 0.226. The molecule has 0 fully saturated rings. The van der Waals surface area contributed by atoms with E-state index >= 15 is 0 Å². The number of rotatable bonds is 6. The molecule has 1 aromatic heterocycles. The van der Waals surface area contributed by atoms with Crippen molar-refractivity contribution in [1.82, 2.24) is 19.8 Å². The first-order chi connectivity index (χ1) is 20.9. The van der Waals surface area contributed by atoms with E-state index < -0.39 is 29.7 Å². The smallest absolute Gasteiger partial charge is 0.355 e. The van der Waals surface area contributed by atoms with Gasteiger partial charge in [0, 0.05) is 29.8 Å². The van der Waals surface area contributed by atoms with Crippen LogP contribution in [-0.2, 0) is 13.0 Å². The molecule has 13 heteroatoms. The highest BCUT2D eigenvalue weighted by molar-refractivity contribution is 6.42. The van der Waals surface area contributed by atoms with Crippen LogP contribution < -0.4 is 16.2 Å². The Morgan fingerprint density at radius 2 is 1.64 bits per heavy atom. The summed E-state index contributed by atoms with van der Waals surface area (Å²) in [5.74, 6) is -1.14. The molecule has 3 aromatic carbocycles. The van der Waals surface area contributed by atoms with Gasteiger partial charge in [-0.3, -0.25) is 14.4 Å². The predicted molar refractivity (Wildman–Crippen MR) is 162 cm³/mol. The third-order valence-corrected chi connectivity index (χ3v) is 8.13. The number of carbonyl (C=O) groups is 2. The highest BCUT2D eigenvalue weighted by Gasteiger charge is 2.42. The zero-order valence-electron chi connectivity index (χ0n) is 23.5. The number of fused-ring (bicyclic) bond motifs is 1. The molecule has 2 amide bonds. The van der Waals surface area contributed by atoms with Crippen molar-refractivity contribution in [2.45, 2.75) is 38.1 Å². The molecular weight excluding hydrogens is 618 g/mol. The van der Waals surface area contributed by atoms with Crippen molar-refractivity contribution in [3.8, 4) is 5.69 Å². The van der Waals surface area contributed by atoms with Crippen LogP contribution in [0, 0.1) is 0 Å². The molecule has 5 rings (SSSR count). The molecule has 8 nitrogen and oxygen atoms in total. The number of halogens is 5. The van der Waals surface area contributed by atoms with Crippen LogP contribution in [0.1, 0.15) is 50.5 Å². The lowest BCUT2D eigenvalue weighted by molar-refractivity contribution is -0.144. The van der Waals surface area contributed by atoms with E-state index in [0.29, 0.717) is 5.56 Å². The maximum atomic E-state index is 14.4. The van der Waals surface area contributed by atoms with Crippen molar-refractivity contribution in [1.29, 1.82) is 0 Å². The first kappa shape index (κ1) is 31.1. The number of hydrogen-bond donors (Lipinski definition) is 2. The number of hydrogen-bond acceptors (Lipinski definition) is 5. The summed E-state index contributed by atoms with van der Waals surface area (Å²) in [4.78, 5) is 45.6. The number of amides is 2. The van der Waals surface area contributed by atoms with Crippen molar-refractivity contribution in [3.63, 3.8) is 0 Å². The largest absolute Gasteiger partial charge is 0.412 e. The summed E-state index contributed by atoms with van der Waals surface area (Å²) in [5, 5.41) is 5.42. The molecule has 1 unspecified atom stereocenters. The Labute approximate surface area is 260 Å². The van der Waals surface area contributed by atoms with Gasteiger partial charge in [-0.15, -0.1) is 0 Å². The molecule has 2 N–H and O–H groups in total. The molecule has 1 aliphatic heterocycles. The summed E-state index contributed by atoms with van der Waals surface area (Å²) in [6, 6.07) is 14.8. The molecule has 0 saturated carbocycles. The SMILES string of the molecule is CNC(=O)c1ccc(-n2c(NC(c3ccccc3)C(F)(F)F)nc3c(c2=O)C[C@@H](C)N(C(=O)c2ccc(Cl)c(Cl)c2)C3)cc1. The highest BCUT2D eigenvalue weighted by atomic mass is 35.5. The molecule has 2 heterocycles. The minimum atomic E-state index is -4.76. The first-order valence-corrected chi connectivity index (χ1v) is 14.3. The lowest BCUT2D eigenvalue weighted by atomic mass is 9.98. The average molecular weight is 644 g/mol. The van der Waals surface area contributed by atoms with Crippen LogP contribution >= 0.6 is 23.2 Å². The van der Waals surface area contributed by atoms with E-state index in [-0.39, 0.29) is 62.9 Å². The molecular formula is C31H26Cl2F3N5O3. The quantitative estimate of drug-likeness (QED) is 0.261. The van der Waals surface area contributed by atoms with E-state index in [2.05, 4.69) is 15.6 Å². The third-order valence-electron chi connectivity index (χ3n) is 7.39. The van der Waals surface area contributed by atoms with Crippen LogP contribution in [0.2, 0.25) is 10.0 Å². The maximum absolute atomic E-state index is 14.4. The number of aromatic nitrogens is 2. The summed E-state index contributed by atoms with van der Waals surface area (Å²) in [7, 11) is 1.47. The number of alkyl halides is 3. The summed E-state index contributed by atoms with van der Waals surface area (Å²) in [6.07, 6.45) is -4.65. The Morgan fingerprint density at radius 1 is 0.977 bits per heavy atom.